The van der Waals surface area contributed by atoms with E-state index in [2.05, 4.69) is 14.9 Å². The zero-order chi connectivity index (χ0) is 19.3. The standard InChI is InChI=1S/C21H23N5O2/c1-2-28-18-7-5-17(6-8-18)21(27)26-13-11-25(12-14-26)20-15-19(22-16-23-20)24-9-3-4-10-24/h3-10,15-16H,2,11-14H2,1H3. The maximum absolute atomic E-state index is 12.8. The van der Waals surface area contributed by atoms with Gasteiger partial charge in [-0.15, -0.1) is 0 Å². The Hall–Kier alpha value is -3.35. The molecular formula is C21H23N5O2. The summed E-state index contributed by atoms with van der Waals surface area (Å²) < 4.78 is 7.40. The SMILES string of the molecule is CCOc1ccc(C(=O)N2CCN(c3cc(-n4cccc4)ncn3)CC2)cc1. The van der Waals surface area contributed by atoms with Gasteiger partial charge in [-0.2, -0.15) is 0 Å². The van der Waals surface area contributed by atoms with Gasteiger partial charge in [0.1, 0.15) is 23.7 Å². The van der Waals surface area contributed by atoms with Gasteiger partial charge >= 0.3 is 0 Å². The largest absolute Gasteiger partial charge is 0.494 e. The molecule has 0 radical (unpaired) electrons. The number of benzene rings is 1. The molecule has 2 aromatic heterocycles. The summed E-state index contributed by atoms with van der Waals surface area (Å²) in [6.45, 7) is 5.36. The van der Waals surface area contributed by atoms with E-state index in [0.717, 1.165) is 30.5 Å². The molecule has 1 aromatic carbocycles. The summed E-state index contributed by atoms with van der Waals surface area (Å²) in [6.07, 6.45) is 5.50. The fourth-order valence-corrected chi connectivity index (χ4v) is 3.32. The van der Waals surface area contributed by atoms with Gasteiger partial charge in [-0.3, -0.25) is 4.79 Å². The third kappa shape index (κ3) is 3.83. The number of aromatic nitrogens is 3. The zero-order valence-corrected chi connectivity index (χ0v) is 15.9. The number of piperazine rings is 1. The van der Waals surface area contributed by atoms with Crippen LogP contribution in [0.25, 0.3) is 5.82 Å². The van der Waals surface area contributed by atoms with Crippen LogP contribution in [-0.4, -0.2) is 58.1 Å². The number of hydrogen-bond donors (Lipinski definition) is 0. The van der Waals surface area contributed by atoms with Crippen molar-refractivity contribution in [2.75, 3.05) is 37.7 Å². The van der Waals surface area contributed by atoms with E-state index in [9.17, 15) is 4.79 Å². The molecule has 1 aliphatic heterocycles. The lowest BCUT2D eigenvalue weighted by molar-refractivity contribution is 0.0746. The molecule has 1 fully saturated rings. The quantitative estimate of drug-likeness (QED) is 0.684. The first-order valence-electron chi connectivity index (χ1n) is 9.47. The Morgan fingerprint density at radius 1 is 1.00 bits per heavy atom. The Morgan fingerprint density at radius 2 is 1.68 bits per heavy atom. The molecule has 0 bridgehead atoms. The second kappa shape index (κ2) is 8.12. The molecule has 3 aromatic rings. The van der Waals surface area contributed by atoms with Gasteiger partial charge in [0, 0.05) is 50.2 Å². The molecule has 1 aliphatic rings. The first kappa shape index (κ1) is 18.0. The highest BCUT2D eigenvalue weighted by Crippen LogP contribution is 2.18. The Labute approximate surface area is 164 Å². The van der Waals surface area contributed by atoms with E-state index in [4.69, 9.17) is 4.74 Å². The lowest BCUT2D eigenvalue weighted by Crippen LogP contribution is -2.49. The van der Waals surface area contributed by atoms with Crippen molar-refractivity contribution in [3.05, 3.63) is 66.7 Å². The maximum Gasteiger partial charge on any atom is 0.253 e. The average Bonchev–Trinajstić information content (AvgIpc) is 3.29. The van der Waals surface area contributed by atoms with Crippen LogP contribution in [0.1, 0.15) is 17.3 Å². The number of hydrogen-bond acceptors (Lipinski definition) is 5. The lowest BCUT2D eigenvalue weighted by atomic mass is 10.1. The second-order valence-corrected chi connectivity index (χ2v) is 6.56. The van der Waals surface area contributed by atoms with Crippen molar-refractivity contribution in [1.82, 2.24) is 19.4 Å². The summed E-state index contributed by atoms with van der Waals surface area (Å²) in [5, 5.41) is 0. The van der Waals surface area contributed by atoms with Crippen molar-refractivity contribution in [2.45, 2.75) is 6.92 Å². The lowest BCUT2D eigenvalue weighted by Gasteiger charge is -2.35. The van der Waals surface area contributed by atoms with Crippen molar-refractivity contribution in [3.8, 4) is 11.6 Å². The monoisotopic (exact) mass is 377 g/mol. The predicted molar refractivity (Wildman–Crippen MR) is 107 cm³/mol. The van der Waals surface area contributed by atoms with Gasteiger partial charge in [-0.05, 0) is 43.3 Å². The number of nitrogens with zero attached hydrogens (tertiary/aromatic N) is 5. The van der Waals surface area contributed by atoms with E-state index >= 15 is 0 Å². The third-order valence-corrected chi connectivity index (χ3v) is 4.81. The fourth-order valence-electron chi connectivity index (χ4n) is 3.32. The Morgan fingerprint density at radius 3 is 2.36 bits per heavy atom. The minimum Gasteiger partial charge on any atom is -0.494 e. The van der Waals surface area contributed by atoms with Crippen LogP contribution in [-0.2, 0) is 0 Å². The molecule has 0 aliphatic carbocycles. The van der Waals surface area contributed by atoms with Gasteiger partial charge in [0.15, 0.2) is 0 Å². The number of carbonyl (C=O) groups excluding carboxylic acids is 1. The number of amides is 1. The minimum absolute atomic E-state index is 0.0541. The fraction of sp³-hybridized carbons (Fsp3) is 0.286. The molecule has 0 unspecified atom stereocenters. The number of carbonyl (C=O) groups is 1. The Kier molecular flexibility index (Phi) is 5.23. The highest BCUT2D eigenvalue weighted by molar-refractivity contribution is 5.94. The summed E-state index contributed by atoms with van der Waals surface area (Å²) in [6, 6.07) is 13.2. The van der Waals surface area contributed by atoms with E-state index in [1.165, 1.54) is 0 Å². The molecule has 4 rings (SSSR count). The van der Waals surface area contributed by atoms with E-state index < -0.39 is 0 Å². The highest BCUT2D eigenvalue weighted by Gasteiger charge is 2.23. The summed E-state index contributed by atoms with van der Waals surface area (Å²) in [4.78, 5) is 25.6. The van der Waals surface area contributed by atoms with E-state index in [0.29, 0.717) is 25.3 Å². The smallest absolute Gasteiger partial charge is 0.253 e. The normalized spacial score (nSPS) is 14.2. The van der Waals surface area contributed by atoms with Crippen molar-refractivity contribution in [3.63, 3.8) is 0 Å². The molecule has 3 heterocycles. The second-order valence-electron chi connectivity index (χ2n) is 6.56. The third-order valence-electron chi connectivity index (χ3n) is 4.81. The van der Waals surface area contributed by atoms with Gasteiger partial charge in [0.2, 0.25) is 0 Å². The summed E-state index contributed by atoms with van der Waals surface area (Å²) in [5.74, 6) is 2.55. The molecule has 1 saturated heterocycles. The molecule has 144 valence electrons. The van der Waals surface area contributed by atoms with Crippen LogP contribution in [0.3, 0.4) is 0 Å². The van der Waals surface area contributed by atoms with Gasteiger partial charge in [0.25, 0.3) is 5.91 Å². The van der Waals surface area contributed by atoms with Crippen LogP contribution >= 0.6 is 0 Å². The first-order chi connectivity index (χ1) is 13.7. The molecule has 0 spiro atoms. The molecule has 28 heavy (non-hydrogen) atoms. The predicted octanol–water partition coefficient (Wildman–Crippen LogP) is 2.63. The number of rotatable bonds is 5. The van der Waals surface area contributed by atoms with Crippen LogP contribution in [0.15, 0.2) is 61.2 Å². The molecule has 1 amide bonds. The summed E-state index contributed by atoms with van der Waals surface area (Å²) in [5.41, 5.74) is 0.689. The summed E-state index contributed by atoms with van der Waals surface area (Å²) in [7, 11) is 0. The topological polar surface area (TPSA) is 63.5 Å². The van der Waals surface area contributed by atoms with Gasteiger partial charge in [-0.25, -0.2) is 9.97 Å². The minimum atomic E-state index is 0.0541. The zero-order valence-electron chi connectivity index (χ0n) is 15.9. The van der Waals surface area contributed by atoms with E-state index in [1.807, 2.05) is 71.2 Å². The average molecular weight is 377 g/mol. The molecule has 0 saturated carbocycles. The summed E-state index contributed by atoms with van der Waals surface area (Å²) >= 11 is 0. The molecular weight excluding hydrogens is 354 g/mol. The van der Waals surface area contributed by atoms with Crippen molar-refractivity contribution in [1.29, 1.82) is 0 Å². The molecule has 7 nitrogen and oxygen atoms in total. The van der Waals surface area contributed by atoms with Gasteiger partial charge in [0.05, 0.1) is 6.61 Å². The van der Waals surface area contributed by atoms with Crippen molar-refractivity contribution >= 4 is 11.7 Å². The number of ether oxygens (including phenoxy) is 1. The highest BCUT2D eigenvalue weighted by atomic mass is 16.5. The van der Waals surface area contributed by atoms with Gasteiger partial charge in [-0.1, -0.05) is 0 Å². The van der Waals surface area contributed by atoms with Gasteiger partial charge < -0.3 is 19.1 Å². The van der Waals surface area contributed by atoms with E-state index in [1.54, 1.807) is 6.33 Å². The molecule has 0 atom stereocenters. The van der Waals surface area contributed by atoms with Crippen LogP contribution in [0.5, 0.6) is 5.75 Å². The van der Waals surface area contributed by atoms with Crippen LogP contribution < -0.4 is 9.64 Å². The first-order valence-corrected chi connectivity index (χ1v) is 9.47. The van der Waals surface area contributed by atoms with Crippen LogP contribution in [0.4, 0.5) is 5.82 Å². The van der Waals surface area contributed by atoms with Crippen LogP contribution in [0, 0.1) is 0 Å². The molecule has 0 N–H and O–H groups in total. The van der Waals surface area contributed by atoms with Crippen LogP contribution in [0.2, 0.25) is 0 Å². The Balaban J connectivity index is 1.39. The van der Waals surface area contributed by atoms with Crippen molar-refractivity contribution < 1.29 is 9.53 Å². The Bertz CT molecular complexity index is 916. The molecule has 7 heteroatoms. The van der Waals surface area contributed by atoms with Crippen molar-refractivity contribution in [2.24, 2.45) is 0 Å². The maximum atomic E-state index is 12.8. The number of anilines is 1. The van der Waals surface area contributed by atoms with E-state index in [-0.39, 0.29) is 5.91 Å².